The van der Waals surface area contributed by atoms with Crippen molar-refractivity contribution in [2.45, 2.75) is 38.5 Å². The summed E-state index contributed by atoms with van der Waals surface area (Å²) in [6.07, 6.45) is -2.86. The molecule has 4 aromatic carbocycles. The summed E-state index contributed by atoms with van der Waals surface area (Å²) in [7, 11) is 1.57. The van der Waals surface area contributed by atoms with E-state index in [2.05, 4.69) is 10.6 Å². The Labute approximate surface area is 286 Å². The van der Waals surface area contributed by atoms with E-state index in [1.54, 1.807) is 26.1 Å². The molecule has 0 aromatic heterocycles. The fourth-order valence-corrected chi connectivity index (χ4v) is 5.48. The van der Waals surface area contributed by atoms with Gasteiger partial charge in [0.2, 0.25) is 11.8 Å². The largest absolute Gasteiger partial charge is 0.489 e. The Hall–Kier alpha value is -4.51. The molecule has 1 atom stereocenters. The van der Waals surface area contributed by atoms with Crippen LogP contribution < -0.4 is 15.4 Å². The van der Waals surface area contributed by atoms with Crippen LogP contribution in [0.4, 0.5) is 18.9 Å². The number of anilines is 1. The van der Waals surface area contributed by atoms with Crippen LogP contribution in [0.15, 0.2) is 96.7 Å². The molecule has 48 heavy (non-hydrogen) atoms. The number of amides is 2. The second-order valence-corrected chi connectivity index (χ2v) is 12.1. The summed E-state index contributed by atoms with van der Waals surface area (Å²) in [5, 5.41) is 7.09. The van der Waals surface area contributed by atoms with Crippen LogP contribution in [0.1, 0.15) is 34.7 Å². The molecule has 2 amide bonds. The van der Waals surface area contributed by atoms with E-state index in [4.69, 9.17) is 32.7 Å². The van der Waals surface area contributed by atoms with Gasteiger partial charge in [0.25, 0.3) is 0 Å². The Bertz CT molecular complexity index is 1830. The Morgan fingerprint density at radius 2 is 1.52 bits per heavy atom. The van der Waals surface area contributed by atoms with Crippen molar-refractivity contribution < 1.29 is 32.2 Å². The van der Waals surface area contributed by atoms with Crippen molar-refractivity contribution in [1.29, 1.82) is 0 Å². The number of carbonyl (C=O) groups excluding carboxylic acids is 2. The fourth-order valence-electron chi connectivity index (χ4n) is 5.10. The van der Waals surface area contributed by atoms with Crippen molar-refractivity contribution in [3.05, 3.63) is 135 Å². The zero-order valence-electron chi connectivity index (χ0n) is 26.0. The maximum absolute atomic E-state index is 13.4. The van der Waals surface area contributed by atoms with Gasteiger partial charge >= 0.3 is 6.18 Å². The van der Waals surface area contributed by atoms with Crippen molar-refractivity contribution in [3.63, 3.8) is 0 Å². The smallest absolute Gasteiger partial charge is 0.416 e. The van der Waals surface area contributed by atoms with Crippen LogP contribution in [0.5, 0.6) is 5.75 Å². The molecule has 0 radical (unpaired) electrons. The minimum atomic E-state index is -4.47. The normalized spacial score (nSPS) is 15.5. The van der Waals surface area contributed by atoms with Gasteiger partial charge in [-0.25, -0.2) is 0 Å². The number of ether oxygens (including phenoxy) is 2. The highest BCUT2D eigenvalue weighted by atomic mass is 35.5. The third-order valence-corrected chi connectivity index (χ3v) is 8.56. The topological polar surface area (TPSA) is 79.9 Å². The first-order valence-electron chi connectivity index (χ1n) is 14.9. The molecule has 0 aliphatic carbocycles. The highest BCUT2D eigenvalue weighted by Crippen LogP contribution is 2.38. The van der Waals surface area contributed by atoms with Crippen LogP contribution in [0.2, 0.25) is 10.0 Å². The van der Waals surface area contributed by atoms with Crippen LogP contribution in [-0.2, 0) is 40.1 Å². The third-order valence-electron chi connectivity index (χ3n) is 7.82. The summed E-state index contributed by atoms with van der Waals surface area (Å²) >= 11 is 12.7. The van der Waals surface area contributed by atoms with Gasteiger partial charge in [0.1, 0.15) is 12.4 Å². The van der Waals surface area contributed by atoms with Gasteiger partial charge in [-0.1, -0.05) is 71.7 Å². The first kappa shape index (κ1) is 34.8. The van der Waals surface area contributed by atoms with Crippen LogP contribution >= 0.6 is 23.2 Å². The van der Waals surface area contributed by atoms with Crippen molar-refractivity contribution in [1.82, 2.24) is 10.2 Å². The van der Waals surface area contributed by atoms with E-state index in [1.165, 1.54) is 17.0 Å². The van der Waals surface area contributed by atoms with Gasteiger partial charge in [-0.05, 0) is 66.6 Å². The molecule has 2 N–H and O–H groups in total. The molecule has 7 nitrogen and oxygen atoms in total. The SMILES string of the molecule is CN(C(=O)CNC(=O)Cc1ccc(C(F)(F)F)cc1)C1=Cc2cc(OCc3ccccc3Cl)ccc2NC1(C)OCc1ccccc1Cl. The molecule has 1 unspecified atom stereocenters. The number of benzene rings is 4. The highest BCUT2D eigenvalue weighted by molar-refractivity contribution is 6.31. The van der Waals surface area contributed by atoms with E-state index < -0.39 is 29.3 Å². The number of hydrogen-bond donors (Lipinski definition) is 2. The Kier molecular flexibility index (Phi) is 10.7. The molecule has 0 saturated carbocycles. The van der Waals surface area contributed by atoms with Gasteiger partial charge in [-0.2, -0.15) is 13.2 Å². The molecular formula is C36H32Cl2F3N3O4. The van der Waals surface area contributed by atoms with Crippen LogP contribution in [0, 0.1) is 0 Å². The number of nitrogens with one attached hydrogen (secondary N) is 2. The van der Waals surface area contributed by atoms with Crippen molar-refractivity contribution in [3.8, 4) is 5.75 Å². The average molecular weight is 699 g/mol. The molecule has 250 valence electrons. The van der Waals surface area contributed by atoms with E-state index in [9.17, 15) is 22.8 Å². The first-order chi connectivity index (χ1) is 22.8. The predicted molar refractivity (Wildman–Crippen MR) is 179 cm³/mol. The molecule has 0 fully saturated rings. The summed E-state index contributed by atoms with van der Waals surface area (Å²) in [4.78, 5) is 27.4. The average Bonchev–Trinajstić information content (AvgIpc) is 3.05. The minimum Gasteiger partial charge on any atom is -0.489 e. The molecule has 1 heterocycles. The molecule has 0 saturated heterocycles. The highest BCUT2D eigenvalue weighted by Gasteiger charge is 2.38. The second-order valence-electron chi connectivity index (χ2n) is 11.3. The summed E-state index contributed by atoms with van der Waals surface area (Å²) in [5.74, 6) is -0.391. The lowest BCUT2D eigenvalue weighted by Gasteiger charge is -2.41. The lowest BCUT2D eigenvalue weighted by Crippen LogP contribution is -2.50. The Morgan fingerprint density at radius 1 is 0.896 bits per heavy atom. The van der Waals surface area contributed by atoms with Crippen molar-refractivity contribution in [2.24, 2.45) is 0 Å². The third kappa shape index (κ3) is 8.49. The van der Waals surface area contributed by atoms with E-state index in [-0.39, 0.29) is 26.2 Å². The molecule has 4 aromatic rings. The molecular weight excluding hydrogens is 666 g/mol. The molecule has 0 bridgehead atoms. The summed E-state index contributed by atoms with van der Waals surface area (Å²) in [5.41, 5.74) is 1.86. The molecule has 5 rings (SSSR count). The van der Waals surface area contributed by atoms with Gasteiger partial charge < -0.3 is 25.0 Å². The van der Waals surface area contributed by atoms with Gasteiger partial charge in [0.15, 0.2) is 5.72 Å². The zero-order chi connectivity index (χ0) is 34.5. The maximum Gasteiger partial charge on any atom is 0.416 e. The zero-order valence-corrected chi connectivity index (χ0v) is 27.5. The summed E-state index contributed by atoms with van der Waals surface area (Å²) in [6, 6.07) is 24.5. The molecule has 0 spiro atoms. The number of hydrogen-bond acceptors (Lipinski definition) is 5. The number of rotatable bonds is 11. The van der Waals surface area contributed by atoms with E-state index in [0.29, 0.717) is 27.1 Å². The van der Waals surface area contributed by atoms with Crippen molar-refractivity contribution >= 4 is 46.8 Å². The molecule has 1 aliphatic rings. The van der Waals surface area contributed by atoms with Gasteiger partial charge in [0, 0.05) is 33.9 Å². The number of alkyl halides is 3. The van der Waals surface area contributed by atoms with Gasteiger partial charge in [-0.15, -0.1) is 0 Å². The molecule has 12 heteroatoms. The van der Waals surface area contributed by atoms with E-state index in [0.717, 1.165) is 34.5 Å². The van der Waals surface area contributed by atoms with E-state index in [1.807, 2.05) is 60.7 Å². The van der Waals surface area contributed by atoms with Gasteiger partial charge in [-0.3, -0.25) is 9.59 Å². The summed E-state index contributed by atoms with van der Waals surface area (Å²) in [6.45, 7) is 1.81. The van der Waals surface area contributed by atoms with Crippen LogP contribution in [-0.4, -0.2) is 36.0 Å². The number of halogens is 5. The van der Waals surface area contributed by atoms with Crippen LogP contribution in [0.25, 0.3) is 6.08 Å². The lowest BCUT2D eigenvalue weighted by molar-refractivity contribution is -0.137. The maximum atomic E-state index is 13.4. The number of likely N-dealkylation sites (N-methyl/N-ethyl adjacent to an activating group) is 1. The van der Waals surface area contributed by atoms with E-state index >= 15 is 0 Å². The minimum absolute atomic E-state index is 0.126. The lowest BCUT2D eigenvalue weighted by atomic mass is 9.99. The number of fused-ring (bicyclic) bond motifs is 1. The van der Waals surface area contributed by atoms with Gasteiger partial charge in [0.05, 0.1) is 30.8 Å². The second kappa shape index (κ2) is 14.7. The quantitative estimate of drug-likeness (QED) is 0.166. The van der Waals surface area contributed by atoms with Crippen LogP contribution in [0.3, 0.4) is 0 Å². The number of carbonyl (C=O) groups is 2. The standard InChI is InChI=1S/C36H32Cl2F3N3O4/c1-35(48-22-25-8-4-6-10-30(25)38)32(19-26-18-28(15-16-31(26)43-35)47-21-24-7-3-5-9-29(24)37)44(2)34(46)20-42-33(45)17-23-11-13-27(14-12-23)36(39,40)41/h3-16,18-19,43H,17,20-22H2,1-2H3,(H,42,45). The molecule has 1 aliphatic heterocycles. The Morgan fingerprint density at radius 3 is 2.15 bits per heavy atom. The number of nitrogens with zero attached hydrogens (tertiary/aromatic N) is 1. The predicted octanol–water partition coefficient (Wildman–Crippen LogP) is 8.11. The summed E-state index contributed by atoms with van der Waals surface area (Å²) < 4.78 is 51.1. The Balaban J connectivity index is 1.33. The monoisotopic (exact) mass is 697 g/mol. The first-order valence-corrected chi connectivity index (χ1v) is 15.7. The fraction of sp³-hybridized carbons (Fsp3) is 0.222. The van der Waals surface area contributed by atoms with Crippen molar-refractivity contribution in [2.75, 3.05) is 18.9 Å².